The molecule has 1 spiro atoms. The monoisotopic (exact) mass is 515 g/mol. The molecule has 1 atom stereocenters. The highest BCUT2D eigenvalue weighted by Gasteiger charge is 2.49. The fraction of sp³-hybridized carbons (Fsp3) is 0.455. The van der Waals surface area contributed by atoms with E-state index in [1.165, 1.54) is 36.3 Å². The van der Waals surface area contributed by atoms with E-state index < -0.39 is 0 Å². The summed E-state index contributed by atoms with van der Waals surface area (Å²) in [6, 6.07) is 25.0. The maximum absolute atomic E-state index is 3.89. The zero-order chi connectivity index (χ0) is 25.6. The first-order chi connectivity index (χ1) is 17.1. The molecule has 0 saturated carbocycles. The van der Waals surface area contributed by atoms with Crippen molar-refractivity contribution in [1.29, 1.82) is 0 Å². The Morgan fingerprint density at radius 2 is 1.36 bits per heavy atom. The van der Waals surface area contributed by atoms with Crippen molar-refractivity contribution in [3.63, 3.8) is 0 Å². The average Bonchev–Trinajstić information content (AvgIpc) is 3.38. The zero-order valence-corrected chi connectivity index (χ0v) is 24.7. The summed E-state index contributed by atoms with van der Waals surface area (Å²) in [5.41, 5.74) is 8.02. The highest BCUT2D eigenvalue weighted by atomic mass is 32.2. The van der Waals surface area contributed by atoms with Crippen LogP contribution in [0.2, 0.25) is 0 Å². The summed E-state index contributed by atoms with van der Waals surface area (Å²) in [5.74, 6) is 1.07. The predicted octanol–water partition coefficient (Wildman–Crippen LogP) is 8.77. The third-order valence-corrected chi connectivity index (χ3v) is 12.4. The molecule has 0 fully saturated rings. The van der Waals surface area contributed by atoms with Crippen LogP contribution in [0.4, 0.5) is 5.69 Å². The van der Waals surface area contributed by atoms with Crippen molar-refractivity contribution in [1.82, 2.24) is 0 Å². The number of nitrogens with one attached hydrogen (secondary N) is 1. The molecule has 0 saturated heterocycles. The number of anilines is 1. The Morgan fingerprint density at radius 3 is 2.00 bits per heavy atom. The van der Waals surface area contributed by atoms with Gasteiger partial charge in [-0.3, -0.25) is 0 Å². The van der Waals surface area contributed by atoms with Gasteiger partial charge in [0.15, 0.2) is 0 Å². The molecule has 0 heterocycles. The Labute approximate surface area is 224 Å². The van der Waals surface area contributed by atoms with Crippen LogP contribution >= 0.6 is 19.7 Å². The van der Waals surface area contributed by atoms with E-state index in [0.29, 0.717) is 0 Å². The SMILES string of the molecule is CC(C)(C)P(c1cccc2c1[C@]1(CCc3cccc(NCCSc4ccccc4)c31)CC2)C(C)(C)C. The molecule has 0 amide bonds. The number of benzene rings is 3. The molecule has 2 aliphatic rings. The Balaban J connectivity index is 1.52. The second-order valence-electron chi connectivity index (χ2n) is 12.5. The van der Waals surface area contributed by atoms with Crippen LogP contribution in [0.5, 0.6) is 0 Å². The van der Waals surface area contributed by atoms with Gasteiger partial charge in [0.1, 0.15) is 0 Å². The lowest BCUT2D eigenvalue weighted by Gasteiger charge is -2.44. The first kappa shape index (κ1) is 25.9. The molecule has 2 aliphatic carbocycles. The first-order valence-corrected chi connectivity index (χ1v) is 15.9. The lowest BCUT2D eigenvalue weighted by atomic mass is 9.76. The average molecular weight is 516 g/mol. The van der Waals surface area contributed by atoms with Gasteiger partial charge in [-0.15, -0.1) is 11.8 Å². The molecule has 0 unspecified atom stereocenters. The smallest absolute Gasteiger partial charge is 0.0384 e. The summed E-state index contributed by atoms with van der Waals surface area (Å²) in [4.78, 5) is 1.35. The predicted molar refractivity (Wildman–Crippen MR) is 162 cm³/mol. The van der Waals surface area contributed by atoms with Gasteiger partial charge in [-0.25, -0.2) is 0 Å². The fourth-order valence-corrected chi connectivity index (χ4v) is 12.2. The van der Waals surface area contributed by atoms with E-state index in [-0.39, 0.29) is 23.6 Å². The number of hydrogen-bond acceptors (Lipinski definition) is 2. The lowest BCUT2D eigenvalue weighted by Crippen LogP contribution is -2.36. The topological polar surface area (TPSA) is 12.0 Å². The Kier molecular flexibility index (Phi) is 7.08. The molecule has 3 heteroatoms. The van der Waals surface area contributed by atoms with E-state index in [4.69, 9.17) is 0 Å². The third kappa shape index (κ3) is 4.77. The molecule has 0 aromatic heterocycles. The molecule has 190 valence electrons. The standard InChI is InChI=1S/C33H42NPS/c1-31(2,3)35(32(4,5)6)28-17-11-13-25-19-21-33(30(25)28)20-18-24-12-10-16-27(29(24)33)34-22-23-36-26-14-8-7-9-15-26/h7-17,34H,18-23H2,1-6H3/t33-/m1/s1. The van der Waals surface area contributed by atoms with Crippen molar-refractivity contribution in [2.24, 2.45) is 0 Å². The van der Waals surface area contributed by atoms with E-state index in [9.17, 15) is 0 Å². The quantitative estimate of drug-likeness (QED) is 0.200. The largest absolute Gasteiger partial charge is 0.384 e. The van der Waals surface area contributed by atoms with Gasteiger partial charge in [-0.05, 0) is 81.8 Å². The van der Waals surface area contributed by atoms with Gasteiger partial charge >= 0.3 is 0 Å². The zero-order valence-electron chi connectivity index (χ0n) is 22.9. The molecule has 1 nitrogen and oxygen atoms in total. The molecule has 3 aromatic rings. The van der Waals surface area contributed by atoms with Gasteiger partial charge in [0.05, 0.1) is 0 Å². The van der Waals surface area contributed by atoms with Gasteiger partial charge in [-0.2, -0.15) is 0 Å². The van der Waals surface area contributed by atoms with Gasteiger partial charge < -0.3 is 5.32 Å². The minimum absolute atomic E-state index is 0.161. The van der Waals surface area contributed by atoms with Crippen LogP contribution in [0.1, 0.15) is 76.6 Å². The van der Waals surface area contributed by atoms with Crippen LogP contribution in [-0.2, 0) is 18.3 Å². The molecular formula is C33H42NPS. The van der Waals surface area contributed by atoms with Gasteiger partial charge in [0, 0.05) is 28.3 Å². The van der Waals surface area contributed by atoms with Crippen LogP contribution < -0.4 is 10.6 Å². The number of aryl methyl sites for hydroxylation is 2. The van der Waals surface area contributed by atoms with E-state index >= 15 is 0 Å². The van der Waals surface area contributed by atoms with Crippen LogP contribution in [0.15, 0.2) is 71.6 Å². The normalized spacial score (nSPS) is 19.1. The Bertz CT molecular complexity index is 1200. The van der Waals surface area contributed by atoms with Crippen molar-refractivity contribution in [3.8, 4) is 0 Å². The molecule has 0 bridgehead atoms. The number of fused-ring (bicyclic) bond motifs is 4. The Morgan fingerprint density at radius 1 is 0.750 bits per heavy atom. The first-order valence-electron chi connectivity index (χ1n) is 13.6. The van der Waals surface area contributed by atoms with Crippen molar-refractivity contribution < 1.29 is 0 Å². The molecule has 3 aromatic carbocycles. The summed E-state index contributed by atoms with van der Waals surface area (Å²) in [6.45, 7) is 15.8. The summed E-state index contributed by atoms with van der Waals surface area (Å²) < 4.78 is 0. The second kappa shape index (κ2) is 9.85. The summed E-state index contributed by atoms with van der Waals surface area (Å²) in [6.07, 6.45) is 4.90. The summed E-state index contributed by atoms with van der Waals surface area (Å²) >= 11 is 1.94. The van der Waals surface area contributed by atoms with E-state index in [1.807, 2.05) is 11.8 Å². The molecule has 1 N–H and O–H groups in total. The minimum Gasteiger partial charge on any atom is -0.384 e. The molecule has 5 rings (SSSR count). The highest BCUT2D eigenvalue weighted by molar-refractivity contribution is 7.99. The van der Waals surface area contributed by atoms with Crippen LogP contribution in [0.25, 0.3) is 0 Å². The van der Waals surface area contributed by atoms with E-state index in [2.05, 4.69) is 114 Å². The molecule has 36 heavy (non-hydrogen) atoms. The maximum atomic E-state index is 3.89. The number of rotatable bonds is 6. The summed E-state index contributed by atoms with van der Waals surface area (Å²) in [7, 11) is -0.345. The van der Waals surface area contributed by atoms with E-state index in [1.54, 1.807) is 27.6 Å². The van der Waals surface area contributed by atoms with Crippen LogP contribution in [0, 0.1) is 0 Å². The Hall–Kier alpha value is -1.76. The second-order valence-corrected chi connectivity index (χ2v) is 17.5. The van der Waals surface area contributed by atoms with Crippen LogP contribution in [-0.4, -0.2) is 22.6 Å². The van der Waals surface area contributed by atoms with E-state index in [0.717, 1.165) is 12.3 Å². The van der Waals surface area contributed by atoms with Gasteiger partial charge in [0.25, 0.3) is 0 Å². The summed E-state index contributed by atoms with van der Waals surface area (Å²) in [5, 5.41) is 6.09. The minimum atomic E-state index is -0.345. The van der Waals surface area contributed by atoms with Crippen LogP contribution in [0.3, 0.4) is 0 Å². The van der Waals surface area contributed by atoms with Crippen molar-refractivity contribution in [2.75, 3.05) is 17.6 Å². The lowest BCUT2D eigenvalue weighted by molar-refractivity contribution is 0.510. The maximum Gasteiger partial charge on any atom is 0.0384 e. The third-order valence-electron chi connectivity index (χ3n) is 7.89. The van der Waals surface area contributed by atoms with Crippen molar-refractivity contribution in [3.05, 3.63) is 89.0 Å². The highest BCUT2D eigenvalue weighted by Crippen LogP contribution is 2.62. The fourth-order valence-electron chi connectivity index (χ4n) is 7.10. The molecule has 0 aliphatic heterocycles. The van der Waals surface area contributed by atoms with Crippen molar-refractivity contribution in [2.45, 2.75) is 87.8 Å². The molecule has 0 radical (unpaired) electrons. The number of hydrogen-bond donors (Lipinski definition) is 1. The number of thioether (sulfide) groups is 1. The van der Waals surface area contributed by atoms with Gasteiger partial charge in [-0.1, -0.05) is 98.0 Å². The van der Waals surface area contributed by atoms with Gasteiger partial charge in [0.2, 0.25) is 0 Å². The van der Waals surface area contributed by atoms with Crippen molar-refractivity contribution >= 4 is 30.7 Å². The molecular weight excluding hydrogens is 473 g/mol.